The molecule has 9 heavy (non-hydrogen) atoms. The SMILES string of the molecule is [N]c1cc(Cl)ccc1Cl. The van der Waals surface area contributed by atoms with Crippen LogP contribution in [-0.2, 0) is 0 Å². The van der Waals surface area contributed by atoms with Crippen molar-refractivity contribution >= 4 is 28.9 Å². The maximum absolute atomic E-state index is 8.88. The zero-order valence-corrected chi connectivity index (χ0v) is 5.95. The number of rotatable bonds is 0. The molecule has 0 aliphatic carbocycles. The lowest BCUT2D eigenvalue weighted by molar-refractivity contribution is 1.48. The van der Waals surface area contributed by atoms with Gasteiger partial charge in [0.1, 0.15) is 5.69 Å². The molecule has 0 aromatic heterocycles. The maximum atomic E-state index is 8.88. The fraction of sp³-hybridized carbons (Fsp3) is 0. The molecule has 0 bridgehead atoms. The van der Waals surface area contributed by atoms with E-state index in [0.717, 1.165) is 0 Å². The summed E-state index contributed by atoms with van der Waals surface area (Å²) in [5.74, 6) is 0. The third kappa shape index (κ3) is 1.50. The highest BCUT2D eigenvalue weighted by Gasteiger charge is 1.95. The topological polar surface area (TPSA) is 22.3 Å². The predicted molar refractivity (Wildman–Crippen MR) is 38.3 cm³/mol. The predicted octanol–water partition coefficient (Wildman–Crippen LogP) is 2.69. The van der Waals surface area contributed by atoms with Crippen LogP contribution in [0.15, 0.2) is 18.2 Å². The van der Waals surface area contributed by atoms with Gasteiger partial charge in [-0.3, -0.25) is 0 Å². The van der Waals surface area contributed by atoms with Crippen LogP contribution in [0.25, 0.3) is 0 Å². The Morgan fingerprint density at radius 2 is 1.89 bits per heavy atom. The molecule has 0 amide bonds. The Morgan fingerprint density at radius 3 is 2.33 bits per heavy atom. The third-order valence-corrected chi connectivity index (χ3v) is 1.46. The van der Waals surface area contributed by atoms with Gasteiger partial charge in [0.2, 0.25) is 0 Å². The summed E-state index contributed by atoms with van der Waals surface area (Å²) in [6, 6.07) is 4.55. The van der Waals surface area contributed by atoms with Crippen LogP contribution in [0, 0.1) is 0 Å². The third-order valence-electron chi connectivity index (χ3n) is 0.908. The van der Waals surface area contributed by atoms with E-state index in [0.29, 0.717) is 10.0 Å². The Labute approximate surface area is 63.4 Å². The molecule has 3 heteroatoms. The van der Waals surface area contributed by atoms with Crippen LogP contribution in [0.1, 0.15) is 0 Å². The van der Waals surface area contributed by atoms with Gasteiger partial charge < -0.3 is 0 Å². The van der Waals surface area contributed by atoms with Crippen molar-refractivity contribution in [2.75, 3.05) is 0 Å². The number of nitrogens with zero attached hydrogens (tertiary/aromatic N) is 1. The summed E-state index contributed by atoms with van der Waals surface area (Å²) in [6.07, 6.45) is 0. The lowest BCUT2D eigenvalue weighted by atomic mass is 10.3. The molecule has 0 saturated heterocycles. The zero-order valence-electron chi connectivity index (χ0n) is 4.44. The summed E-state index contributed by atoms with van der Waals surface area (Å²) in [7, 11) is 0. The van der Waals surface area contributed by atoms with Crippen molar-refractivity contribution in [1.82, 2.24) is 5.73 Å². The van der Waals surface area contributed by atoms with E-state index in [-0.39, 0.29) is 5.69 Å². The van der Waals surface area contributed by atoms with Crippen molar-refractivity contribution in [2.45, 2.75) is 0 Å². The summed E-state index contributed by atoms with van der Waals surface area (Å²) in [4.78, 5) is 0. The molecular formula is C6H3Cl2N. The number of benzene rings is 1. The molecule has 46 valence electrons. The van der Waals surface area contributed by atoms with Crippen molar-refractivity contribution in [2.24, 2.45) is 0 Å². The quantitative estimate of drug-likeness (QED) is 0.556. The standard InChI is InChI=1S/C6H3Cl2N/c7-4-1-2-5(8)6(9)3-4/h1-3H. The van der Waals surface area contributed by atoms with Crippen LogP contribution in [0.2, 0.25) is 10.0 Å². The van der Waals surface area contributed by atoms with Crippen molar-refractivity contribution < 1.29 is 0 Å². The first kappa shape index (κ1) is 6.72. The molecule has 0 fully saturated rings. The molecule has 1 nitrogen and oxygen atoms in total. The van der Waals surface area contributed by atoms with E-state index in [2.05, 4.69) is 0 Å². The second kappa shape index (κ2) is 2.46. The highest BCUT2D eigenvalue weighted by Crippen LogP contribution is 2.22. The molecule has 1 rings (SSSR count). The average Bonchev–Trinajstić information content (AvgIpc) is 1.80. The Morgan fingerprint density at radius 1 is 1.22 bits per heavy atom. The van der Waals surface area contributed by atoms with E-state index >= 15 is 0 Å². The monoisotopic (exact) mass is 159 g/mol. The van der Waals surface area contributed by atoms with E-state index in [1.165, 1.54) is 6.07 Å². The summed E-state index contributed by atoms with van der Waals surface area (Å²) in [5, 5.41) is 0.802. The van der Waals surface area contributed by atoms with Crippen molar-refractivity contribution in [3.05, 3.63) is 28.2 Å². The minimum absolute atomic E-state index is 0.0177. The van der Waals surface area contributed by atoms with Crippen molar-refractivity contribution in [3.63, 3.8) is 0 Å². The summed E-state index contributed by atoms with van der Waals surface area (Å²) < 4.78 is 0. The highest BCUT2D eigenvalue weighted by molar-refractivity contribution is 6.34. The molecule has 1 aromatic rings. The van der Waals surface area contributed by atoms with E-state index in [9.17, 15) is 0 Å². The van der Waals surface area contributed by atoms with Crippen LogP contribution >= 0.6 is 23.2 Å². The normalized spacial score (nSPS) is 9.56. The largest absolute Gasteiger partial charge is 0.149 e. The fourth-order valence-electron chi connectivity index (χ4n) is 0.486. The fourth-order valence-corrected chi connectivity index (χ4v) is 0.770. The number of hydrogen-bond donors (Lipinski definition) is 0. The maximum Gasteiger partial charge on any atom is 0.106 e. The first-order chi connectivity index (χ1) is 4.20. The van der Waals surface area contributed by atoms with E-state index < -0.39 is 0 Å². The Bertz CT molecular complexity index is 222. The molecule has 0 N–H and O–H groups in total. The first-order valence-electron chi connectivity index (χ1n) is 2.34. The van der Waals surface area contributed by atoms with E-state index in [1.54, 1.807) is 12.1 Å². The second-order valence-corrected chi connectivity index (χ2v) is 2.44. The van der Waals surface area contributed by atoms with Crippen LogP contribution in [0.5, 0.6) is 0 Å². The highest BCUT2D eigenvalue weighted by atomic mass is 35.5. The van der Waals surface area contributed by atoms with Crippen molar-refractivity contribution in [1.29, 1.82) is 0 Å². The summed E-state index contributed by atoms with van der Waals surface area (Å²) >= 11 is 11.0. The lowest BCUT2D eigenvalue weighted by Crippen LogP contribution is -1.70. The number of halogens is 2. The molecule has 2 radical (unpaired) electrons. The minimum Gasteiger partial charge on any atom is -0.149 e. The Balaban J connectivity index is 3.17. The van der Waals surface area contributed by atoms with Gasteiger partial charge in [0, 0.05) is 5.02 Å². The summed E-state index contributed by atoms with van der Waals surface area (Å²) in [5.41, 5.74) is 8.90. The van der Waals surface area contributed by atoms with Gasteiger partial charge in [-0.05, 0) is 18.2 Å². The Kier molecular flexibility index (Phi) is 1.84. The van der Waals surface area contributed by atoms with Gasteiger partial charge in [0.25, 0.3) is 0 Å². The molecule has 0 aliphatic rings. The van der Waals surface area contributed by atoms with E-state index in [4.69, 9.17) is 28.9 Å². The minimum atomic E-state index is 0.0177. The van der Waals surface area contributed by atoms with Crippen LogP contribution < -0.4 is 5.73 Å². The molecular weight excluding hydrogens is 157 g/mol. The first-order valence-corrected chi connectivity index (χ1v) is 3.10. The van der Waals surface area contributed by atoms with Gasteiger partial charge in [-0.2, -0.15) is 0 Å². The molecule has 0 heterocycles. The molecule has 0 saturated carbocycles. The molecule has 0 spiro atoms. The van der Waals surface area contributed by atoms with Crippen molar-refractivity contribution in [3.8, 4) is 0 Å². The van der Waals surface area contributed by atoms with Crippen LogP contribution in [0.3, 0.4) is 0 Å². The van der Waals surface area contributed by atoms with Gasteiger partial charge in [-0.25, -0.2) is 0 Å². The van der Waals surface area contributed by atoms with Crippen LogP contribution in [-0.4, -0.2) is 0 Å². The number of hydrogen-bond acceptors (Lipinski definition) is 0. The average molecular weight is 160 g/mol. The van der Waals surface area contributed by atoms with E-state index in [1.807, 2.05) is 0 Å². The molecule has 0 aliphatic heterocycles. The van der Waals surface area contributed by atoms with Crippen LogP contribution in [0.4, 0.5) is 5.69 Å². The lowest BCUT2D eigenvalue weighted by Gasteiger charge is -1.91. The molecule has 0 unspecified atom stereocenters. The van der Waals surface area contributed by atoms with Gasteiger partial charge >= 0.3 is 0 Å². The second-order valence-electron chi connectivity index (χ2n) is 1.60. The van der Waals surface area contributed by atoms with Gasteiger partial charge in [0.15, 0.2) is 0 Å². The van der Waals surface area contributed by atoms with Gasteiger partial charge in [0.05, 0.1) is 5.02 Å². The van der Waals surface area contributed by atoms with Gasteiger partial charge in [-0.15, -0.1) is 5.73 Å². The molecule has 0 atom stereocenters. The zero-order chi connectivity index (χ0) is 6.85. The molecule has 1 aromatic carbocycles. The smallest absolute Gasteiger partial charge is 0.106 e. The Hall–Kier alpha value is -0.400. The van der Waals surface area contributed by atoms with Gasteiger partial charge in [-0.1, -0.05) is 23.2 Å². The summed E-state index contributed by atoms with van der Waals surface area (Å²) in [6.45, 7) is 0.